The number of hydrogen-bond acceptors (Lipinski definition) is 6. The summed E-state index contributed by atoms with van der Waals surface area (Å²) in [6, 6.07) is 6.17. The number of anilines is 1. The van der Waals surface area contributed by atoms with Crippen LogP contribution in [0.2, 0.25) is 0 Å². The number of carbonyl (C=O) groups excluding carboxylic acids is 1. The highest BCUT2D eigenvalue weighted by Gasteiger charge is 2.27. The van der Waals surface area contributed by atoms with Crippen molar-refractivity contribution in [3.63, 3.8) is 0 Å². The van der Waals surface area contributed by atoms with E-state index in [2.05, 4.69) is 52.8 Å². The molecule has 0 unspecified atom stereocenters. The zero-order chi connectivity index (χ0) is 24.0. The van der Waals surface area contributed by atoms with Gasteiger partial charge >= 0.3 is 0 Å². The van der Waals surface area contributed by atoms with Gasteiger partial charge in [-0.15, -0.1) is 24.8 Å². The van der Waals surface area contributed by atoms with Crippen molar-refractivity contribution in [2.24, 2.45) is 5.41 Å². The lowest BCUT2D eigenvalue weighted by atomic mass is 9.90. The molecule has 1 aromatic heterocycles. The van der Waals surface area contributed by atoms with Crippen LogP contribution in [0.15, 0.2) is 18.2 Å². The Morgan fingerprint density at radius 1 is 1.14 bits per heavy atom. The zero-order valence-electron chi connectivity index (χ0n) is 21.4. The highest BCUT2D eigenvalue weighted by Crippen LogP contribution is 2.27. The Hall–Kier alpha value is -2.16. The largest absolute Gasteiger partial charge is 0.374 e. The Labute approximate surface area is 221 Å². The van der Waals surface area contributed by atoms with E-state index in [4.69, 9.17) is 10.1 Å². The fourth-order valence-electron chi connectivity index (χ4n) is 4.00. The summed E-state index contributed by atoms with van der Waals surface area (Å²) < 4.78 is 5.38. The smallest absolute Gasteiger partial charge is 0.289 e. The minimum Gasteiger partial charge on any atom is -0.374 e. The molecule has 3 rings (SSSR count). The molecule has 0 spiro atoms. The Morgan fingerprint density at radius 2 is 1.83 bits per heavy atom. The molecule has 0 radical (unpaired) electrons. The number of hydrogen-bond donors (Lipinski definition) is 4. The molecule has 0 saturated heterocycles. The standard InChI is InChI=1S/C25H38N6O2.2ClH/c1-6-33-14-21(26)28-19-9-7-8-10-20(19)30-22-17-13-16(2)11-12-18(17)29-23(31-22)24(32)27-15-25(3,4)5;;/h11-13,19-20H,6-10,14-15H2,1-5H3,(H2,26,28)(H,27,32)(H,29,30,31);2*1H/t19-,20+;;/m1../s1. The molecule has 1 aromatic carbocycles. The first-order valence-corrected chi connectivity index (χ1v) is 11.9. The number of benzene rings is 1. The predicted octanol–water partition coefficient (Wildman–Crippen LogP) is 4.88. The zero-order valence-corrected chi connectivity index (χ0v) is 23.0. The van der Waals surface area contributed by atoms with Crippen LogP contribution < -0.4 is 16.0 Å². The summed E-state index contributed by atoms with van der Waals surface area (Å²) in [5.41, 5.74) is 1.82. The summed E-state index contributed by atoms with van der Waals surface area (Å²) in [5.74, 6) is 0.954. The number of amidine groups is 1. The summed E-state index contributed by atoms with van der Waals surface area (Å²) in [7, 11) is 0. The van der Waals surface area contributed by atoms with Crippen LogP contribution in [-0.4, -0.2) is 53.6 Å². The van der Waals surface area contributed by atoms with Crippen molar-refractivity contribution in [3.05, 3.63) is 29.6 Å². The van der Waals surface area contributed by atoms with Crippen LogP contribution in [0.25, 0.3) is 10.9 Å². The molecule has 8 nitrogen and oxygen atoms in total. The molecule has 0 bridgehead atoms. The summed E-state index contributed by atoms with van der Waals surface area (Å²) in [6.07, 6.45) is 4.15. The van der Waals surface area contributed by atoms with Gasteiger partial charge in [-0.05, 0) is 44.2 Å². The van der Waals surface area contributed by atoms with Crippen molar-refractivity contribution in [3.8, 4) is 0 Å². The van der Waals surface area contributed by atoms with Gasteiger partial charge in [-0.3, -0.25) is 10.2 Å². The molecule has 2 aromatic rings. The van der Waals surface area contributed by atoms with Crippen LogP contribution in [0, 0.1) is 17.7 Å². The number of amides is 1. The average Bonchev–Trinajstić information content (AvgIpc) is 2.77. The number of carbonyl (C=O) groups is 1. The van der Waals surface area contributed by atoms with Gasteiger partial charge in [0.1, 0.15) is 18.3 Å². The summed E-state index contributed by atoms with van der Waals surface area (Å²) in [5, 5.41) is 19.0. The molecule has 1 saturated carbocycles. The van der Waals surface area contributed by atoms with Crippen molar-refractivity contribution >= 4 is 53.3 Å². The van der Waals surface area contributed by atoms with Crippen LogP contribution in [0.3, 0.4) is 0 Å². The maximum absolute atomic E-state index is 12.8. The van der Waals surface area contributed by atoms with E-state index in [1.807, 2.05) is 26.0 Å². The first kappa shape index (κ1) is 30.9. The molecule has 1 heterocycles. The number of aryl methyl sites for hydroxylation is 1. The van der Waals surface area contributed by atoms with Crippen LogP contribution in [0.4, 0.5) is 5.82 Å². The van der Waals surface area contributed by atoms with Gasteiger partial charge in [0.2, 0.25) is 5.82 Å². The van der Waals surface area contributed by atoms with Crippen molar-refractivity contribution in [2.45, 2.75) is 72.4 Å². The highest BCUT2D eigenvalue weighted by atomic mass is 35.5. The maximum atomic E-state index is 12.8. The predicted molar refractivity (Wildman–Crippen MR) is 148 cm³/mol. The van der Waals surface area contributed by atoms with E-state index >= 15 is 0 Å². The number of fused-ring (bicyclic) bond motifs is 1. The molecule has 1 aliphatic carbocycles. The molecule has 196 valence electrons. The van der Waals surface area contributed by atoms with Crippen molar-refractivity contribution in [1.29, 1.82) is 5.41 Å². The monoisotopic (exact) mass is 526 g/mol. The molecule has 1 aliphatic rings. The van der Waals surface area contributed by atoms with Crippen molar-refractivity contribution in [1.82, 2.24) is 20.6 Å². The van der Waals surface area contributed by atoms with Gasteiger partial charge in [-0.2, -0.15) is 0 Å². The number of aromatic nitrogens is 2. The Kier molecular flexibility index (Phi) is 12.2. The number of nitrogens with zero attached hydrogens (tertiary/aromatic N) is 2. The molecule has 4 N–H and O–H groups in total. The van der Waals surface area contributed by atoms with E-state index in [9.17, 15) is 4.79 Å². The Bertz CT molecular complexity index is 996. The number of rotatable bonds is 8. The molecule has 0 aliphatic heterocycles. The highest BCUT2D eigenvalue weighted by molar-refractivity contribution is 5.96. The van der Waals surface area contributed by atoms with Crippen LogP contribution in [0.5, 0.6) is 0 Å². The third-order valence-corrected chi connectivity index (χ3v) is 5.73. The molecule has 35 heavy (non-hydrogen) atoms. The lowest BCUT2D eigenvalue weighted by Gasteiger charge is -2.34. The quantitative estimate of drug-likeness (QED) is 0.288. The van der Waals surface area contributed by atoms with Gasteiger partial charge < -0.3 is 20.7 Å². The normalized spacial score (nSPS) is 17.6. The van der Waals surface area contributed by atoms with Gasteiger partial charge in [-0.1, -0.05) is 45.2 Å². The average molecular weight is 528 g/mol. The number of ether oxygens (including phenoxy) is 1. The van der Waals surface area contributed by atoms with E-state index in [-0.39, 0.29) is 60.7 Å². The third-order valence-electron chi connectivity index (χ3n) is 5.73. The minimum atomic E-state index is -0.271. The molecular formula is C25H40Cl2N6O2. The number of halogens is 2. The summed E-state index contributed by atoms with van der Waals surface area (Å²) >= 11 is 0. The van der Waals surface area contributed by atoms with Crippen LogP contribution in [-0.2, 0) is 4.74 Å². The first-order valence-electron chi connectivity index (χ1n) is 11.9. The molecular weight excluding hydrogens is 487 g/mol. The van der Waals surface area contributed by atoms with Gasteiger partial charge in [0.15, 0.2) is 0 Å². The van der Waals surface area contributed by atoms with Crippen LogP contribution >= 0.6 is 24.8 Å². The summed E-state index contributed by atoms with van der Waals surface area (Å²) in [4.78, 5) is 22.0. The fraction of sp³-hybridized carbons (Fsp3) is 0.600. The second kappa shape index (κ2) is 13.8. The van der Waals surface area contributed by atoms with Crippen molar-refractivity contribution < 1.29 is 9.53 Å². The second-order valence-electron chi connectivity index (χ2n) is 10.1. The van der Waals surface area contributed by atoms with E-state index < -0.39 is 0 Å². The first-order chi connectivity index (χ1) is 15.7. The van der Waals surface area contributed by atoms with Gasteiger partial charge in [0.25, 0.3) is 5.91 Å². The van der Waals surface area contributed by atoms with Gasteiger partial charge in [0, 0.05) is 30.6 Å². The third kappa shape index (κ3) is 9.09. The summed E-state index contributed by atoms with van der Waals surface area (Å²) in [6.45, 7) is 11.6. The van der Waals surface area contributed by atoms with E-state index in [0.717, 1.165) is 42.1 Å². The SMILES string of the molecule is CCOCC(=N)N[C@@H]1CCCC[C@@H]1Nc1nc(C(=O)NCC(C)(C)C)nc2ccc(C)cc12.Cl.Cl. The minimum absolute atomic E-state index is 0. The van der Waals surface area contributed by atoms with Crippen molar-refractivity contribution in [2.75, 3.05) is 25.1 Å². The Balaban J connectivity index is 0.00000306. The molecule has 1 amide bonds. The second-order valence-corrected chi connectivity index (χ2v) is 10.1. The molecule has 1 fully saturated rings. The van der Waals surface area contributed by atoms with Crippen LogP contribution in [0.1, 0.15) is 69.6 Å². The molecule has 10 heteroatoms. The Morgan fingerprint density at radius 3 is 2.49 bits per heavy atom. The van der Waals surface area contributed by atoms with E-state index in [1.54, 1.807) is 0 Å². The maximum Gasteiger partial charge on any atom is 0.289 e. The van der Waals surface area contributed by atoms with E-state index in [0.29, 0.717) is 24.8 Å². The lowest BCUT2D eigenvalue weighted by Crippen LogP contribution is -2.49. The topological polar surface area (TPSA) is 112 Å². The molecule has 2 atom stereocenters. The van der Waals surface area contributed by atoms with Gasteiger partial charge in [0.05, 0.1) is 5.52 Å². The fourth-order valence-corrected chi connectivity index (χ4v) is 4.00. The number of nitrogens with one attached hydrogen (secondary N) is 4. The lowest BCUT2D eigenvalue weighted by molar-refractivity contribution is 0.0929. The van der Waals surface area contributed by atoms with E-state index in [1.165, 1.54) is 0 Å². The van der Waals surface area contributed by atoms with Gasteiger partial charge in [-0.25, -0.2) is 9.97 Å².